The normalized spacial score (nSPS) is 27.7. The predicted octanol–water partition coefficient (Wildman–Crippen LogP) is 3.52. The third-order valence-corrected chi connectivity index (χ3v) is 8.38. The second-order valence-electron chi connectivity index (χ2n) is 10.1. The molecule has 2 bridgehead atoms. The van der Waals surface area contributed by atoms with Crippen molar-refractivity contribution in [2.75, 3.05) is 52.0 Å². The van der Waals surface area contributed by atoms with Crippen LogP contribution >= 0.6 is 0 Å². The van der Waals surface area contributed by atoms with Crippen LogP contribution in [0.5, 0.6) is 0 Å². The Bertz CT molecular complexity index is 921. The number of hydrogen-bond donors (Lipinski definition) is 0. The van der Waals surface area contributed by atoms with Crippen LogP contribution in [-0.4, -0.2) is 87.2 Å². The average molecular weight is 476 g/mol. The first kappa shape index (κ1) is 23.4. The number of fused-ring (bicyclic) bond motifs is 4. The molecule has 3 fully saturated rings. The summed E-state index contributed by atoms with van der Waals surface area (Å²) in [6.45, 7) is 3.02. The van der Waals surface area contributed by atoms with Gasteiger partial charge in [-0.25, -0.2) is 14.0 Å². The highest BCUT2D eigenvalue weighted by Crippen LogP contribution is 2.48. The second kappa shape index (κ2) is 9.34. The van der Waals surface area contributed by atoms with Crippen LogP contribution in [0.25, 0.3) is 0 Å². The molecule has 0 aromatic heterocycles. The molecular formula is C25H34FN3O5. The zero-order valence-electron chi connectivity index (χ0n) is 20.0. The molecule has 2 amide bonds. The van der Waals surface area contributed by atoms with Gasteiger partial charge in [0.15, 0.2) is 0 Å². The lowest BCUT2D eigenvalue weighted by Gasteiger charge is -2.47. The van der Waals surface area contributed by atoms with Crippen LogP contribution in [0.1, 0.15) is 44.1 Å². The molecule has 34 heavy (non-hydrogen) atoms. The molecule has 4 heterocycles. The second-order valence-corrected chi connectivity index (χ2v) is 10.1. The number of likely N-dealkylation sites (tertiary alicyclic amines) is 1. The number of rotatable bonds is 4. The number of ether oxygens (including phenoxy) is 3. The molecule has 2 unspecified atom stereocenters. The van der Waals surface area contributed by atoms with E-state index in [1.807, 2.05) is 4.90 Å². The Morgan fingerprint density at radius 1 is 1.03 bits per heavy atom. The molecule has 0 radical (unpaired) electrons. The quantitative estimate of drug-likeness (QED) is 0.621. The Morgan fingerprint density at radius 3 is 2.38 bits per heavy atom. The summed E-state index contributed by atoms with van der Waals surface area (Å²) in [6.07, 6.45) is 5.10. The van der Waals surface area contributed by atoms with Crippen molar-refractivity contribution in [2.45, 2.75) is 62.1 Å². The number of anilines is 1. The number of carbonyl (C=O) groups is 2. The number of methoxy groups -OCH3 is 2. The lowest BCUT2D eigenvalue weighted by atomic mass is 9.73. The molecule has 3 saturated heterocycles. The summed E-state index contributed by atoms with van der Waals surface area (Å²) in [4.78, 5) is 31.2. The summed E-state index contributed by atoms with van der Waals surface area (Å²) >= 11 is 0. The molecule has 1 spiro atoms. The van der Waals surface area contributed by atoms with Gasteiger partial charge in [0, 0.05) is 37.2 Å². The highest BCUT2D eigenvalue weighted by atomic mass is 19.1. The number of amides is 2. The van der Waals surface area contributed by atoms with Crippen molar-refractivity contribution in [1.29, 1.82) is 0 Å². The van der Waals surface area contributed by atoms with Crippen molar-refractivity contribution in [3.05, 3.63) is 29.6 Å². The van der Waals surface area contributed by atoms with Crippen LogP contribution in [0.4, 0.5) is 19.7 Å². The minimum absolute atomic E-state index is 0.215. The number of nitrogens with zero attached hydrogens (tertiary/aromatic N) is 3. The van der Waals surface area contributed by atoms with Gasteiger partial charge in [0.1, 0.15) is 12.4 Å². The van der Waals surface area contributed by atoms with Crippen LogP contribution in [-0.2, 0) is 19.6 Å². The van der Waals surface area contributed by atoms with E-state index in [9.17, 15) is 14.0 Å². The molecule has 186 valence electrons. The maximum atomic E-state index is 14.2. The average Bonchev–Trinajstić information content (AvgIpc) is 3.29. The van der Waals surface area contributed by atoms with Crippen molar-refractivity contribution in [3.63, 3.8) is 0 Å². The summed E-state index contributed by atoms with van der Waals surface area (Å²) in [5.41, 5.74) is 1.44. The van der Waals surface area contributed by atoms with Gasteiger partial charge in [0.25, 0.3) is 0 Å². The minimum atomic E-state index is -0.395. The largest absolute Gasteiger partial charge is 0.452 e. The Kier molecular flexibility index (Phi) is 6.41. The van der Waals surface area contributed by atoms with E-state index in [1.165, 1.54) is 13.2 Å². The van der Waals surface area contributed by atoms with Crippen LogP contribution in [0.3, 0.4) is 0 Å². The van der Waals surface area contributed by atoms with Gasteiger partial charge in [-0.3, -0.25) is 4.90 Å². The van der Waals surface area contributed by atoms with Gasteiger partial charge in [-0.05, 0) is 75.4 Å². The highest BCUT2D eigenvalue weighted by Gasteiger charge is 2.50. The molecule has 1 aromatic rings. The van der Waals surface area contributed by atoms with Crippen molar-refractivity contribution in [2.24, 2.45) is 0 Å². The monoisotopic (exact) mass is 475 g/mol. The van der Waals surface area contributed by atoms with Gasteiger partial charge < -0.3 is 24.0 Å². The molecule has 2 atom stereocenters. The Labute approximate surface area is 199 Å². The summed E-state index contributed by atoms with van der Waals surface area (Å²) in [7, 11) is 2.98. The number of benzene rings is 1. The molecule has 5 rings (SSSR count). The lowest BCUT2D eigenvalue weighted by molar-refractivity contribution is 0.0195. The van der Waals surface area contributed by atoms with E-state index in [0.29, 0.717) is 19.2 Å². The topological polar surface area (TPSA) is 71.6 Å². The number of hydrogen-bond acceptors (Lipinski definition) is 6. The number of piperidine rings is 2. The maximum absolute atomic E-state index is 14.2. The SMILES string of the molecule is COCCOC(=O)N1C2CCC1CC(N1CCC3(CC1)CN(C(=O)OC)c1ccc(F)cc13)C2. The molecule has 0 aliphatic carbocycles. The third-order valence-electron chi connectivity index (χ3n) is 8.38. The van der Waals surface area contributed by atoms with Crippen LogP contribution in [0.2, 0.25) is 0 Å². The fourth-order valence-electron chi connectivity index (χ4n) is 6.69. The first-order valence-electron chi connectivity index (χ1n) is 12.3. The predicted molar refractivity (Wildman–Crippen MR) is 124 cm³/mol. The summed E-state index contributed by atoms with van der Waals surface area (Å²) < 4.78 is 29.6. The number of halogens is 1. The smallest absolute Gasteiger partial charge is 0.414 e. The van der Waals surface area contributed by atoms with E-state index in [-0.39, 0.29) is 36.0 Å². The molecule has 4 aliphatic heterocycles. The lowest BCUT2D eigenvalue weighted by Crippen LogP contribution is -2.55. The Balaban J connectivity index is 1.24. The van der Waals surface area contributed by atoms with E-state index < -0.39 is 6.09 Å². The van der Waals surface area contributed by atoms with Crippen LogP contribution in [0.15, 0.2) is 18.2 Å². The van der Waals surface area contributed by atoms with E-state index in [0.717, 1.165) is 62.9 Å². The zero-order valence-corrected chi connectivity index (χ0v) is 20.0. The van der Waals surface area contributed by atoms with Crippen LogP contribution in [0, 0.1) is 5.82 Å². The molecule has 4 aliphatic rings. The summed E-state index contributed by atoms with van der Waals surface area (Å²) in [5.74, 6) is -0.270. The van der Waals surface area contributed by atoms with Gasteiger partial charge in [0.2, 0.25) is 0 Å². The molecular weight excluding hydrogens is 441 g/mol. The first-order valence-corrected chi connectivity index (χ1v) is 12.3. The van der Waals surface area contributed by atoms with Gasteiger partial charge in [0.05, 0.1) is 19.4 Å². The highest BCUT2D eigenvalue weighted by molar-refractivity contribution is 5.91. The fraction of sp³-hybridized carbons (Fsp3) is 0.680. The fourth-order valence-corrected chi connectivity index (χ4v) is 6.69. The van der Waals surface area contributed by atoms with Crippen LogP contribution < -0.4 is 4.90 Å². The molecule has 1 aromatic carbocycles. The Morgan fingerprint density at radius 2 is 1.74 bits per heavy atom. The molecule has 9 heteroatoms. The van der Waals surface area contributed by atoms with Crippen molar-refractivity contribution >= 4 is 17.9 Å². The van der Waals surface area contributed by atoms with Gasteiger partial charge in [-0.1, -0.05) is 0 Å². The van der Waals surface area contributed by atoms with Crippen molar-refractivity contribution in [3.8, 4) is 0 Å². The van der Waals surface area contributed by atoms with Gasteiger partial charge >= 0.3 is 12.2 Å². The molecule has 0 N–H and O–H groups in total. The van der Waals surface area contributed by atoms with Gasteiger partial charge in [-0.2, -0.15) is 0 Å². The van der Waals surface area contributed by atoms with E-state index in [4.69, 9.17) is 14.2 Å². The van der Waals surface area contributed by atoms with E-state index in [2.05, 4.69) is 4.90 Å². The number of carbonyl (C=O) groups excluding carboxylic acids is 2. The summed E-state index contributed by atoms with van der Waals surface area (Å²) in [6, 6.07) is 5.59. The van der Waals surface area contributed by atoms with Crippen molar-refractivity contribution in [1.82, 2.24) is 9.80 Å². The maximum Gasteiger partial charge on any atom is 0.414 e. The third kappa shape index (κ3) is 4.02. The van der Waals surface area contributed by atoms with Gasteiger partial charge in [-0.15, -0.1) is 0 Å². The van der Waals surface area contributed by atoms with Crippen molar-refractivity contribution < 1.29 is 28.2 Å². The van der Waals surface area contributed by atoms with E-state index in [1.54, 1.807) is 24.1 Å². The zero-order chi connectivity index (χ0) is 23.9. The molecule has 0 saturated carbocycles. The van der Waals surface area contributed by atoms with E-state index >= 15 is 0 Å². The molecule has 8 nitrogen and oxygen atoms in total. The first-order chi connectivity index (χ1) is 16.5. The summed E-state index contributed by atoms with van der Waals surface area (Å²) in [5, 5.41) is 0. The standard InChI is InChI=1S/C25H34FN3O5/c1-32-11-12-34-24(31)29-18-4-5-19(29)15-20(14-18)27-9-7-25(8-10-27)16-28(23(30)33-2)22-6-3-17(26)13-21(22)25/h3,6,13,18-20H,4-5,7-12,14-16H2,1-2H3. The minimum Gasteiger partial charge on any atom is -0.452 e. The Hall–Kier alpha value is -2.39.